The minimum atomic E-state index is -3.81. The summed E-state index contributed by atoms with van der Waals surface area (Å²) in [5, 5.41) is 0. The largest absolute Gasteiger partial charge is 0.427 e. The van der Waals surface area contributed by atoms with Gasteiger partial charge in [-0.05, 0) is 19.1 Å². The first kappa shape index (κ1) is 13.5. The number of nitrogens with zero attached hydrogens (tertiary/aromatic N) is 1. The molecular weight excluding hydrogens is 285 g/mol. The minimum absolute atomic E-state index is 0.0185. The Balaban J connectivity index is 1.97. The summed E-state index contributed by atoms with van der Waals surface area (Å²) in [6.07, 6.45) is -0.351. The molecule has 0 bridgehead atoms. The summed E-state index contributed by atoms with van der Waals surface area (Å²) in [6, 6.07) is 5.28. The number of benzene rings is 1. The van der Waals surface area contributed by atoms with Crippen LogP contribution in [-0.2, 0) is 19.6 Å². The Morgan fingerprint density at radius 1 is 1.35 bits per heavy atom. The van der Waals surface area contributed by atoms with Crippen LogP contribution < -0.4 is 0 Å². The summed E-state index contributed by atoms with van der Waals surface area (Å²) in [4.78, 5) is 11.3. The maximum atomic E-state index is 14.4. The quantitative estimate of drug-likeness (QED) is 0.774. The molecule has 2 heterocycles. The molecular formula is C13H14FNO4S. The number of carbonyl (C=O) groups excluding carboxylic acids is 1. The summed E-state index contributed by atoms with van der Waals surface area (Å²) >= 11 is 0. The van der Waals surface area contributed by atoms with Crippen molar-refractivity contribution in [3.05, 3.63) is 29.8 Å². The zero-order valence-electron chi connectivity index (χ0n) is 10.9. The summed E-state index contributed by atoms with van der Waals surface area (Å²) in [5.41, 5.74) is 0.935. The number of aryl methyl sites for hydroxylation is 1. The average Bonchev–Trinajstić information content (AvgIpc) is 2.81. The van der Waals surface area contributed by atoms with Gasteiger partial charge >= 0.3 is 5.97 Å². The van der Waals surface area contributed by atoms with E-state index in [-0.39, 0.29) is 24.3 Å². The second kappa shape index (κ2) is 4.26. The molecule has 5 nitrogen and oxygen atoms in total. The number of ether oxygens (including phenoxy) is 1. The van der Waals surface area contributed by atoms with E-state index in [1.807, 2.05) is 6.92 Å². The van der Waals surface area contributed by atoms with E-state index in [1.54, 1.807) is 12.1 Å². The molecule has 0 aromatic heterocycles. The van der Waals surface area contributed by atoms with E-state index in [0.29, 0.717) is 0 Å². The molecule has 2 aliphatic rings. The first-order valence-corrected chi connectivity index (χ1v) is 7.76. The molecule has 0 N–H and O–H groups in total. The normalized spacial score (nSPS) is 30.3. The molecule has 0 amide bonds. The Kier molecular flexibility index (Phi) is 2.88. The Labute approximate surface area is 116 Å². The number of sulfonamides is 1. The van der Waals surface area contributed by atoms with Gasteiger partial charge in [0.25, 0.3) is 5.85 Å². The van der Waals surface area contributed by atoms with Crippen LogP contribution >= 0.6 is 0 Å². The molecule has 2 aliphatic heterocycles. The number of halogens is 1. The lowest BCUT2D eigenvalue weighted by Gasteiger charge is -2.23. The Bertz CT molecular complexity index is 657. The highest BCUT2D eigenvalue weighted by molar-refractivity contribution is 7.89. The van der Waals surface area contributed by atoms with E-state index in [1.165, 1.54) is 12.1 Å². The standard InChI is InChI=1S/C13H14FNO4S/c1-9-2-4-10(5-3-9)20(17,18)15-7-6-13(14)11(15)8-12(16)19-13/h2-5,11H,6-8H2,1H3/t11-,13-/m1/s1. The van der Waals surface area contributed by atoms with Crippen molar-refractivity contribution in [2.45, 2.75) is 36.6 Å². The van der Waals surface area contributed by atoms with Crippen molar-refractivity contribution < 1.29 is 22.3 Å². The van der Waals surface area contributed by atoms with E-state index in [2.05, 4.69) is 4.74 Å². The van der Waals surface area contributed by atoms with Crippen molar-refractivity contribution in [2.24, 2.45) is 0 Å². The predicted molar refractivity (Wildman–Crippen MR) is 68.0 cm³/mol. The highest BCUT2D eigenvalue weighted by Crippen LogP contribution is 2.43. The molecule has 3 rings (SSSR count). The topological polar surface area (TPSA) is 63.7 Å². The zero-order chi connectivity index (χ0) is 14.5. The van der Waals surface area contributed by atoms with Gasteiger partial charge in [-0.15, -0.1) is 0 Å². The van der Waals surface area contributed by atoms with Gasteiger partial charge in [0, 0.05) is 13.0 Å². The first-order valence-electron chi connectivity index (χ1n) is 6.32. The van der Waals surface area contributed by atoms with Gasteiger partial charge in [-0.2, -0.15) is 8.70 Å². The van der Waals surface area contributed by atoms with E-state index >= 15 is 0 Å². The molecule has 20 heavy (non-hydrogen) atoms. The van der Waals surface area contributed by atoms with Gasteiger partial charge in [0.1, 0.15) is 6.04 Å². The molecule has 7 heteroatoms. The summed E-state index contributed by atoms with van der Waals surface area (Å²) in [5.74, 6) is -2.87. The fourth-order valence-electron chi connectivity index (χ4n) is 2.70. The van der Waals surface area contributed by atoms with Crippen LogP contribution in [0.25, 0.3) is 0 Å². The number of hydrogen-bond donors (Lipinski definition) is 0. The SMILES string of the molecule is Cc1ccc(S(=O)(=O)N2CC[C@@]3(F)OC(=O)C[C@@H]23)cc1. The fourth-order valence-corrected chi connectivity index (χ4v) is 4.34. The van der Waals surface area contributed by atoms with Crippen LogP contribution in [0.4, 0.5) is 4.39 Å². The van der Waals surface area contributed by atoms with Crippen molar-refractivity contribution in [1.29, 1.82) is 0 Å². The van der Waals surface area contributed by atoms with Gasteiger partial charge in [0.15, 0.2) is 0 Å². The smallest absolute Gasteiger partial charge is 0.310 e. The molecule has 2 fully saturated rings. The summed E-state index contributed by atoms with van der Waals surface area (Å²) < 4.78 is 45.1. The molecule has 2 saturated heterocycles. The third-order valence-electron chi connectivity index (χ3n) is 3.79. The molecule has 2 atom stereocenters. The van der Waals surface area contributed by atoms with Crippen LogP contribution in [0.15, 0.2) is 29.2 Å². The van der Waals surface area contributed by atoms with Gasteiger partial charge in [-0.3, -0.25) is 4.79 Å². The number of fused-ring (bicyclic) bond motifs is 1. The summed E-state index contributed by atoms with van der Waals surface area (Å²) in [7, 11) is -3.81. The molecule has 0 radical (unpaired) electrons. The molecule has 0 aliphatic carbocycles. The molecule has 0 unspecified atom stereocenters. The highest BCUT2D eigenvalue weighted by atomic mass is 32.2. The number of hydrogen-bond acceptors (Lipinski definition) is 4. The van der Waals surface area contributed by atoms with Crippen molar-refractivity contribution in [3.63, 3.8) is 0 Å². The lowest BCUT2D eigenvalue weighted by molar-refractivity contribution is -0.164. The minimum Gasteiger partial charge on any atom is -0.427 e. The van der Waals surface area contributed by atoms with E-state index < -0.39 is 27.9 Å². The molecule has 108 valence electrons. The lowest BCUT2D eigenvalue weighted by atomic mass is 10.1. The van der Waals surface area contributed by atoms with Crippen molar-refractivity contribution in [3.8, 4) is 0 Å². The van der Waals surface area contributed by atoms with Crippen LogP contribution in [0.1, 0.15) is 18.4 Å². The Morgan fingerprint density at radius 2 is 2.00 bits per heavy atom. The molecule has 1 aromatic carbocycles. The lowest BCUT2D eigenvalue weighted by Crippen LogP contribution is -2.41. The Hall–Kier alpha value is -1.47. The third-order valence-corrected chi connectivity index (χ3v) is 5.71. The van der Waals surface area contributed by atoms with Crippen LogP contribution in [0, 0.1) is 6.92 Å². The average molecular weight is 299 g/mol. The predicted octanol–water partition coefficient (Wildman–Crippen LogP) is 1.37. The van der Waals surface area contributed by atoms with Crippen molar-refractivity contribution in [1.82, 2.24) is 4.31 Å². The molecule has 0 saturated carbocycles. The van der Waals surface area contributed by atoms with Gasteiger partial charge in [-0.1, -0.05) is 17.7 Å². The van der Waals surface area contributed by atoms with E-state index in [9.17, 15) is 17.6 Å². The van der Waals surface area contributed by atoms with Crippen LogP contribution in [0.5, 0.6) is 0 Å². The van der Waals surface area contributed by atoms with Crippen molar-refractivity contribution in [2.75, 3.05) is 6.54 Å². The second-order valence-corrected chi connectivity index (χ2v) is 7.05. The van der Waals surface area contributed by atoms with Crippen LogP contribution in [0.3, 0.4) is 0 Å². The number of alkyl halides is 1. The fraction of sp³-hybridized carbons (Fsp3) is 0.462. The van der Waals surface area contributed by atoms with E-state index in [4.69, 9.17) is 0 Å². The van der Waals surface area contributed by atoms with Gasteiger partial charge in [-0.25, -0.2) is 8.42 Å². The molecule has 1 aromatic rings. The number of carbonyl (C=O) groups is 1. The van der Waals surface area contributed by atoms with Gasteiger partial charge in [0.2, 0.25) is 10.0 Å². The summed E-state index contributed by atoms with van der Waals surface area (Å²) in [6.45, 7) is 1.87. The highest BCUT2D eigenvalue weighted by Gasteiger charge is 2.60. The Morgan fingerprint density at radius 3 is 2.65 bits per heavy atom. The third kappa shape index (κ3) is 1.92. The number of esters is 1. The zero-order valence-corrected chi connectivity index (χ0v) is 11.7. The van der Waals surface area contributed by atoms with Crippen LogP contribution in [-0.4, -0.2) is 37.1 Å². The maximum Gasteiger partial charge on any atom is 0.310 e. The monoisotopic (exact) mass is 299 g/mol. The van der Waals surface area contributed by atoms with E-state index in [0.717, 1.165) is 9.87 Å². The number of rotatable bonds is 2. The van der Waals surface area contributed by atoms with Crippen molar-refractivity contribution >= 4 is 16.0 Å². The second-order valence-electron chi connectivity index (χ2n) is 5.16. The molecule has 0 spiro atoms. The first-order chi connectivity index (χ1) is 9.33. The van der Waals surface area contributed by atoms with Gasteiger partial charge in [0.05, 0.1) is 11.3 Å². The van der Waals surface area contributed by atoms with Crippen LogP contribution in [0.2, 0.25) is 0 Å². The maximum absolute atomic E-state index is 14.4. The van der Waals surface area contributed by atoms with Gasteiger partial charge < -0.3 is 4.74 Å².